The van der Waals surface area contributed by atoms with Crippen molar-refractivity contribution in [2.45, 2.75) is 19.8 Å². The average molecular weight is 282 g/mol. The van der Waals surface area contributed by atoms with Gasteiger partial charge in [0.05, 0.1) is 11.6 Å². The number of benzene rings is 1. The molecule has 6 heteroatoms. The van der Waals surface area contributed by atoms with Gasteiger partial charge in [-0.1, -0.05) is 13.8 Å². The summed E-state index contributed by atoms with van der Waals surface area (Å²) in [5.41, 5.74) is 5.14. The molecule has 0 aliphatic rings. The molecular formula is C15H18N6. The van der Waals surface area contributed by atoms with Crippen molar-refractivity contribution in [2.24, 2.45) is 5.84 Å². The first kappa shape index (κ1) is 14.8. The number of anilines is 3. The van der Waals surface area contributed by atoms with E-state index in [9.17, 15) is 0 Å². The Morgan fingerprint density at radius 2 is 1.90 bits per heavy atom. The zero-order valence-corrected chi connectivity index (χ0v) is 12.3. The van der Waals surface area contributed by atoms with Crippen LogP contribution in [0.5, 0.6) is 0 Å². The maximum absolute atomic E-state index is 8.86. The van der Waals surface area contributed by atoms with Gasteiger partial charge in [0.25, 0.3) is 0 Å². The van der Waals surface area contributed by atoms with Crippen molar-refractivity contribution in [3.63, 3.8) is 0 Å². The molecule has 108 valence electrons. The molecule has 0 saturated heterocycles. The molecule has 0 fully saturated rings. The minimum atomic E-state index is 0.216. The average Bonchev–Trinajstić information content (AvgIpc) is 2.53. The number of rotatable bonds is 4. The van der Waals surface area contributed by atoms with E-state index < -0.39 is 0 Å². The van der Waals surface area contributed by atoms with E-state index in [0.717, 1.165) is 17.1 Å². The Balaban J connectivity index is 2.47. The van der Waals surface area contributed by atoms with E-state index in [2.05, 4.69) is 35.3 Å². The van der Waals surface area contributed by atoms with Crippen LogP contribution >= 0.6 is 0 Å². The fourth-order valence-electron chi connectivity index (χ4n) is 2.18. The van der Waals surface area contributed by atoms with Gasteiger partial charge >= 0.3 is 0 Å². The third-order valence-electron chi connectivity index (χ3n) is 3.28. The minimum Gasteiger partial charge on any atom is -0.329 e. The van der Waals surface area contributed by atoms with Crippen LogP contribution in [-0.4, -0.2) is 17.0 Å². The normalized spacial score (nSPS) is 10.3. The standard InChI is InChI=1S/C15H18N6/c1-10(2)13-14(20-17)18-9-19-15(13)21(3)12-6-4-11(8-16)5-7-12/h4-7,9-10H,17H2,1-3H3,(H,18,19,20). The van der Waals surface area contributed by atoms with Crippen molar-refractivity contribution < 1.29 is 0 Å². The lowest BCUT2D eigenvalue weighted by molar-refractivity contribution is 0.840. The zero-order chi connectivity index (χ0) is 15.4. The van der Waals surface area contributed by atoms with Gasteiger partial charge in [-0.05, 0) is 30.2 Å². The van der Waals surface area contributed by atoms with Crippen LogP contribution in [0.2, 0.25) is 0 Å². The number of nitrogens with zero attached hydrogens (tertiary/aromatic N) is 4. The predicted octanol–water partition coefficient (Wildman–Crippen LogP) is 2.53. The van der Waals surface area contributed by atoms with Crippen molar-refractivity contribution in [3.8, 4) is 6.07 Å². The van der Waals surface area contributed by atoms with Gasteiger partial charge in [-0.25, -0.2) is 15.8 Å². The van der Waals surface area contributed by atoms with E-state index in [0.29, 0.717) is 11.4 Å². The molecule has 0 bridgehead atoms. The second-order valence-electron chi connectivity index (χ2n) is 4.98. The molecule has 0 aliphatic heterocycles. The summed E-state index contributed by atoms with van der Waals surface area (Å²) in [7, 11) is 1.93. The fourth-order valence-corrected chi connectivity index (χ4v) is 2.18. The number of nitriles is 1. The predicted molar refractivity (Wildman–Crippen MR) is 83.2 cm³/mol. The lowest BCUT2D eigenvalue weighted by Gasteiger charge is -2.24. The van der Waals surface area contributed by atoms with Gasteiger partial charge in [0.2, 0.25) is 0 Å². The second kappa shape index (κ2) is 6.20. The monoisotopic (exact) mass is 282 g/mol. The number of hydrazine groups is 1. The Morgan fingerprint density at radius 1 is 1.24 bits per heavy atom. The summed E-state index contributed by atoms with van der Waals surface area (Å²) >= 11 is 0. The third kappa shape index (κ3) is 2.93. The Hall–Kier alpha value is -2.65. The van der Waals surface area contributed by atoms with Gasteiger partial charge in [0, 0.05) is 18.3 Å². The number of hydrogen-bond acceptors (Lipinski definition) is 6. The van der Waals surface area contributed by atoms with Crippen molar-refractivity contribution in [2.75, 3.05) is 17.4 Å². The molecule has 2 rings (SSSR count). The molecule has 1 heterocycles. The summed E-state index contributed by atoms with van der Waals surface area (Å²) in [6, 6.07) is 9.45. The Labute approximate surface area is 124 Å². The summed E-state index contributed by atoms with van der Waals surface area (Å²) in [5, 5.41) is 8.86. The number of nitrogens with one attached hydrogen (secondary N) is 1. The van der Waals surface area contributed by atoms with E-state index in [4.69, 9.17) is 11.1 Å². The molecule has 0 saturated carbocycles. The molecule has 1 aromatic carbocycles. The number of aromatic nitrogens is 2. The molecule has 0 radical (unpaired) electrons. The molecule has 6 nitrogen and oxygen atoms in total. The summed E-state index contributed by atoms with van der Waals surface area (Å²) in [6.45, 7) is 4.13. The Bertz CT molecular complexity index is 657. The lowest BCUT2D eigenvalue weighted by Crippen LogP contribution is -2.18. The van der Waals surface area contributed by atoms with Gasteiger partial charge in [0.1, 0.15) is 18.0 Å². The fraction of sp³-hybridized carbons (Fsp3) is 0.267. The number of hydrogen-bond donors (Lipinski definition) is 2. The molecule has 0 unspecified atom stereocenters. The summed E-state index contributed by atoms with van der Waals surface area (Å²) in [4.78, 5) is 10.5. The Kier molecular flexibility index (Phi) is 4.36. The summed E-state index contributed by atoms with van der Waals surface area (Å²) in [5.74, 6) is 7.17. The molecule has 0 aliphatic carbocycles. The van der Waals surface area contributed by atoms with Crippen LogP contribution in [0.1, 0.15) is 30.9 Å². The Morgan fingerprint density at radius 3 is 2.43 bits per heavy atom. The number of nitrogen functional groups attached to an aromatic ring is 1. The zero-order valence-electron chi connectivity index (χ0n) is 12.3. The van der Waals surface area contributed by atoms with Crippen LogP contribution in [0, 0.1) is 11.3 Å². The summed E-state index contributed by atoms with van der Waals surface area (Å²) in [6.07, 6.45) is 1.48. The van der Waals surface area contributed by atoms with Crippen molar-refractivity contribution in [1.29, 1.82) is 5.26 Å². The largest absolute Gasteiger partial charge is 0.329 e. The van der Waals surface area contributed by atoms with Crippen molar-refractivity contribution >= 4 is 17.3 Å². The highest BCUT2D eigenvalue weighted by Crippen LogP contribution is 2.33. The van der Waals surface area contributed by atoms with Gasteiger partial charge in [0.15, 0.2) is 0 Å². The molecule has 2 aromatic rings. The van der Waals surface area contributed by atoms with E-state index in [1.807, 2.05) is 24.1 Å². The topological polar surface area (TPSA) is 90.9 Å². The van der Waals surface area contributed by atoms with Crippen LogP contribution in [0.15, 0.2) is 30.6 Å². The highest BCUT2D eigenvalue weighted by molar-refractivity contribution is 5.68. The van der Waals surface area contributed by atoms with Crippen molar-refractivity contribution in [1.82, 2.24) is 9.97 Å². The number of nitrogens with two attached hydrogens (primary N) is 1. The maximum atomic E-state index is 8.86. The van der Waals surface area contributed by atoms with Crippen LogP contribution in [0.25, 0.3) is 0 Å². The van der Waals surface area contributed by atoms with Gasteiger partial charge < -0.3 is 10.3 Å². The first-order valence-electron chi connectivity index (χ1n) is 6.64. The van der Waals surface area contributed by atoms with Gasteiger partial charge in [-0.15, -0.1) is 0 Å². The van der Waals surface area contributed by atoms with Crippen LogP contribution in [0.3, 0.4) is 0 Å². The molecule has 1 aromatic heterocycles. The molecule has 0 atom stereocenters. The minimum absolute atomic E-state index is 0.216. The van der Waals surface area contributed by atoms with E-state index in [1.54, 1.807) is 12.1 Å². The van der Waals surface area contributed by atoms with E-state index in [-0.39, 0.29) is 5.92 Å². The first-order valence-corrected chi connectivity index (χ1v) is 6.64. The third-order valence-corrected chi connectivity index (χ3v) is 3.28. The van der Waals surface area contributed by atoms with Crippen LogP contribution < -0.4 is 16.2 Å². The second-order valence-corrected chi connectivity index (χ2v) is 4.98. The molecular weight excluding hydrogens is 264 g/mol. The van der Waals surface area contributed by atoms with Crippen LogP contribution in [0.4, 0.5) is 17.3 Å². The molecule has 0 amide bonds. The van der Waals surface area contributed by atoms with Crippen molar-refractivity contribution in [3.05, 3.63) is 41.7 Å². The molecule has 3 N–H and O–H groups in total. The smallest absolute Gasteiger partial charge is 0.148 e. The van der Waals surface area contributed by atoms with Gasteiger partial charge in [-0.2, -0.15) is 5.26 Å². The molecule has 21 heavy (non-hydrogen) atoms. The summed E-state index contributed by atoms with van der Waals surface area (Å²) < 4.78 is 0. The van der Waals surface area contributed by atoms with E-state index >= 15 is 0 Å². The highest BCUT2D eigenvalue weighted by atomic mass is 15.3. The quantitative estimate of drug-likeness (QED) is 0.661. The molecule has 0 spiro atoms. The first-order chi connectivity index (χ1) is 10.1. The van der Waals surface area contributed by atoms with Gasteiger partial charge in [-0.3, -0.25) is 0 Å². The van der Waals surface area contributed by atoms with E-state index in [1.165, 1.54) is 6.33 Å². The maximum Gasteiger partial charge on any atom is 0.148 e. The SMILES string of the molecule is CC(C)c1c(NN)ncnc1N(C)c1ccc(C#N)cc1. The van der Waals surface area contributed by atoms with Crippen LogP contribution in [-0.2, 0) is 0 Å². The lowest BCUT2D eigenvalue weighted by atomic mass is 10.0. The highest BCUT2D eigenvalue weighted by Gasteiger charge is 2.18.